The van der Waals surface area contributed by atoms with E-state index in [9.17, 15) is 9.18 Å². The Balaban J connectivity index is 2.72. The van der Waals surface area contributed by atoms with Crippen LogP contribution < -0.4 is 0 Å². The molecule has 4 nitrogen and oxygen atoms in total. The lowest BCUT2D eigenvalue weighted by Gasteiger charge is -2.26. The third-order valence-electron chi connectivity index (χ3n) is 2.81. The highest BCUT2D eigenvalue weighted by atomic mass is 19.1. The summed E-state index contributed by atoms with van der Waals surface area (Å²) < 4.78 is 17.7. The molecule has 1 atom stereocenters. The molecule has 0 saturated heterocycles. The Morgan fingerprint density at radius 2 is 2.06 bits per heavy atom. The molecule has 0 aliphatic rings. The summed E-state index contributed by atoms with van der Waals surface area (Å²) in [6.07, 6.45) is -0.350. The molecule has 100 valence electrons. The first-order valence-corrected chi connectivity index (χ1v) is 5.80. The zero-order chi connectivity index (χ0) is 13.5. The molecule has 1 N–H and O–H groups in total. The molecule has 5 heteroatoms. The van der Waals surface area contributed by atoms with Crippen LogP contribution in [0.2, 0.25) is 0 Å². The molecule has 1 unspecified atom stereocenters. The van der Waals surface area contributed by atoms with Gasteiger partial charge in [-0.25, -0.2) is 9.18 Å². The second-order valence-electron chi connectivity index (χ2n) is 4.05. The lowest BCUT2D eigenvalue weighted by Crippen LogP contribution is -2.33. The van der Waals surface area contributed by atoms with E-state index in [1.54, 1.807) is 26.2 Å². The predicted octanol–water partition coefficient (Wildman–Crippen LogP) is 2.90. The van der Waals surface area contributed by atoms with Gasteiger partial charge in [0.15, 0.2) is 0 Å². The van der Waals surface area contributed by atoms with E-state index in [4.69, 9.17) is 9.84 Å². The number of benzene rings is 1. The predicted molar refractivity (Wildman–Crippen MR) is 66.0 cm³/mol. The highest BCUT2D eigenvalue weighted by Gasteiger charge is 2.20. The highest BCUT2D eigenvalue weighted by molar-refractivity contribution is 5.65. The van der Waals surface area contributed by atoms with Gasteiger partial charge >= 0.3 is 6.09 Å². The lowest BCUT2D eigenvalue weighted by atomic mass is 10.1. The summed E-state index contributed by atoms with van der Waals surface area (Å²) in [6, 6.07) is 5.57. The number of rotatable bonds is 6. The Kier molecular flexibility index (Phi) is 5.58. The maximum atomic E-state index is 12.8. The average Bonchev–Trinajstić information content (AvgIpc) is 2.34. The average molecular weight is 255 g/mol. The fraction of sp³-hybridized carbons (Fsp3) is 0.462. The zero-order valence-corrected chi connectivity index (χ0v) is 10.6. The van der Waals surface area contributed by atoms with E-state index in [0.29, 0.717) is 19.6 Å². The number of carboxylic acid groups (broad SMARTS) is 1. The fourth-order valence-corrected chi connectivity index (χ4v) is 1.76. The summed E-state index contributed by atoms with van der Waals surface area (Å²) >= 11 is 0. The van der Waals surface area contributed by atoms with E-state index in [1.807, 2.05) is 0 Å². The summed E-state index contributed by atoms with van der Waals surface area (Å²) in [6.45, 7) is 2.69. The SMILES string of the molecule is COCCCN(C(=O)O)C(C)c1ccc(F)cc1. The first-order valence-electron chi connectivity index (χ1n) is 5.80. The molecule has 0 aromatic heterocycles. The molecule has 0 aliphatic carbocycles. The zero-order valence-electron chi connectivity index (χ0n) is 10.6. The minimum Gasteiger partial charge on any atom is -0.465 e. The lowest BCUT2D eigenvalue weighted by molar-refractivity contribution is 0.117. The molecule has 1 rings (SSSR count). The van der Waals surface area contributed by atoms with Crippen LogP contribution in [0, 0.1) is 5.82 Å². The van der Waals surface area contributed by atoms with Crippen molar-refractivity contribution in [3.05, 3.63) is 35.6 Å². The number of amides is 1. The second-order valence-corrected chi connectivity index (χ2v) is 4.05. The Morgan fingerprint density at radius 1 is 1.44 bits per heavy atom. The third kappa shape index (κ3) is 4.00. The molecule has 0 heterocycles. The van der Waals surface area contributed by atoms with Crippen LogP contribution in [0.5, 0.6) is 0 Å². The van der Waals surface area contributed by atoms with Gasteiger partial charge in [-0.1, -0.05) is 12.1 Å². The highest BCUT2D eigenvalue weighted by Crippen LogP contribution is 2.20. The molecule has 0 saturated carbocycles. The molecule has 1 aromatic carbocycles. The minimum atomic E-state index is -0.983. The quantitative estimate of drug-likeness (QED) is 0.795. The van der Waals surface area contributed by atoms with Crippen LogP contribution >= 0.6 is 0 Å². The number of nitrogens with zero attached hydrogens (tertiary/aromatic N) is 1. The van der Waals surface area contributed by atoms with Crippen molar-refractivity contribution in [2.45, 2.75) is 19.4 Å². The van der Waals surface area contributed by atoms with Gasteiger partial charge in [0.1, 0.15) is 5.82 Å². The normalized spacial score (nSPS) is 12.2. The Labute approximate surface area is 106 Å². The summed E-state index contributed by atoms with van der Waals surface area (Å²) in [4.78, 5) is 12.5. The number of halogens is 1. The number of hydrogen-bond donors (Lipinski definition) is 1. The van der Waals surface area contributed by atoms with Crippen molar-refractivity contribution < 1.29 is 19.0 Å². The van der Waals surface area contributed by atoms with Crippen LogP contribution in [0.1, 0.15) is 24.9 Å². The Morgan fingerprint density at radius 3 is 2.56 bits per heavy atom. The molecule has 1 aromatic rings. The van der Waals surface area contributed by atoms with Gasteiger partial charge in [-0.15, -0.1) is 0 Å². The topological polar surface area (TPSA) is 49.8 Å². The van der Waals surface area contributed by atoms with Crippen molar-refractivity contribution in [1.82, 2.24) is 4.90 Å². The van der Waals surface area contributed by atoms with Crippen LogP contribution in [0.4, 0.5) is 9.18 Å². The summed E-state index contributed by atoms with van der Waals surface area (Å²) in [5.41, 5.74) is 0.774. The van der Waals surface area contributed by atoms with Crippen molar-refractivity contribution in [3.63, 3.8) is 0 Å². The second kappa shape index (κ2) is 6.96. The summed E-state index contributed by atoms with van der Waals surface area (Å²) in [5, 5.41) is 9.17. The molecular weight excluding hydrogens is 237 g/mol. The Bertz CT molecular complexity index is 380. The molecular formula is C13H18FNO3. The monoisotopic (exact) mass is 255 g/mol. The molecule has 1 amide bonds. The molecule has 0 spiro atoms. The summed E-state index contributed by atoms with van der Waals surface area (Å²) in [5.74, 6) is -0.327. The van der Waals surface area contributed by atoms with Crippen LogP contribution in [0.15, 0.2) is 24.3 Å². The van der Waals surface area contributed by atoms with Gasteiger partial charge in [-0.05, 0) is 31.0 Å². The summed E-state index contributed by atoms with van der Waals surface area (Å²) in [7, 11) is 1.58. The molecule has 0 aliphatic heterocycles. The van der Waals surface area contributed by atoms with Gasteiger partial charge < -0.3 is 14.7 Å². The molecule has 0 radical (unpaired) electrons. The number of carbonyl (C=O) groups is 1. The maximum Gasteiger partial charge on any atom is 0.407 e. The van der Waals surface area contributed by atoms with Crippen LogP contribution in [-0.2, 0) is 4.74 Å². The number of hydrogen-bond acceptors (Lipinski definition) is 2. The van der Waals surface area contributed by atoms with Crippen LogP contribution in [0.3, 0.4) is 0 Å². The Hall–Kier alpha value is -1.62. The van der Waals surface area contributed by atoms with E-state index >= 15 is 0 Å². The number of ether oxygens (including phenoxy) is 1. The van der Waals surface area contributed by atoms with Gasteiger partial charge in [0, 0.05) is 20.3 Å². The van der Waals surface area contributed by atoms with Gasteiger partial charge in [0.05, 0.1) is 6.04 Å². The van der Waals surface area contributed by atoms with Crippen molar-refractivity contribution in [2.24, 2.45) is 0 Å². The van der Waals surface area contributed by atoms with E-state index in [0.717, 1.165) is 5.56 Å². The molecule has 0 fully saturated rings. The fourth-order valence-electron chi connectivity index (χ4n) is 1.76. The van der Waals surface area contributed by atoms with Gasteiger partial charge in [0.25, 0.3) is 0 Å². The van der Waals surface area contributed by atoms with Crippen LogP contribution in [-0.4, -0.2) is 36.4 Å². The molecule has 18 heavy (non-hydrogen) atoms. The van der Waals surface area contributed by atoms with Gasteiger partial charge in [-0.3, -0.25) is 0 Å². The molecule has 0 bridgehead atoms. The smallest absolute Gasteiger partial charge is 0.407 e. The largest absolute Gasteiger partial charge is 0.465 e. The first-order chi connectivity index (χ1) is 8.56. The van der Waals surface area contributed by atoms with E-state index in [2.05, 4.69) is 0 Å². The van der Waals surface area contributed by atoms with Gasteiger partial charge in [0.2, 0.25) is 0 Å². The number of methoxy groups -OCH3 is 1. The van der Waals surface area contributed by atoms with Crippen molar-refractivity contribution >= 4 is 6.09 Å². The van der Waals surface area contributed by atoms with E-state index < -0.39 is 6.09 Å². The standard InChI is InChI=1S/C13H18FNO3/c1-10(11-4-6-12(14)7-5-11)15(13(16)17)8-3-9-18-2/h4-7,10H,3,8-9H2,1-2H3,(H,16,17). The third-order valence-corrected chi connectivity index (χ3v) is 2.81. The van der Waals surface area contributed by atoms with Crippen molar-refractivity contribution in [1.29, 1.82) is 0 Å². The maximum absolute atomic E-state index is 12.8. The minimum absolute atomic E-state index is 0.306. The van der Waals surface area contributed by atoms with E-state index in [1.165, 1.54) is 17.0 Å². The van der Waals surface area contributed by atoms with Gasteiger partial charge in [-0.2, -0.15) is 0 Å². The van der Waals surface area contributed by atoms with E-state index in [-0.39, 0.29) is 11.9 Å². The van der Waals surface area contributed by atoms with Crippen LogP contribution in [0.25, 0.3) is 0 Å². The first kappa shape index (κ1) is 14.4. The van der Waals surface area contributed by atoms with Crippen molar-refractivity contribution in [2.75, 3.05) is 20.3 Å². The van der Waals surface area contributed by atoms with Crippen molar-refractivity contribution in [3.8, 4) is 0 Å².